The number of para-hydroxylation sites is 1. The van der Waals surface area contributed by atoms with E-state index in [-0.39, 0.29) is 5.75 Å². The van der Waals surface area contributed by atoms with Crippen molar-refractivity contribution in [1.29, 1.82) is 0 Å². The molecule has 0 saturated heterocycles. The van der Waals surface area contributed by atoms with Crippen molar-refractivity contribution >= 4 is 5.69 Å². The minimum absolute atomic E-state index is 0.153. The van der Waals surface area contributed by atoms with Crippen LogP contribution in [0, 0.1) is 12.7 Å². The third-order valence-electron chi connectivity index (χ3n) is 2.63. The van der Waals surface area contributed by atoms with E-state index in [1.54, 1.807) is 30.3 Å². The van der Waals surface area contributed by atoms with Crippen LogP contribution in [0.5, 0.6) is 17.2 Å². The van der Waals surface area contributed by atoms with E-state index < -0.39 is 5.82 Å². The molecule has 0 spiro atoms. The summed E-state index contributed by atoms with van der Waals surface area (Å²) in [6, 6.07) is 9.86. The van der Waals surface area contributed by atoms with Crippen molar-refractivity contribution in [2.45, 2.75) is 13.8 Å². The number of aryl methyl sites for hydroxylation is 1. The van der Waals surface area contributed by atoms with Crippen molar-refractivity contribution in [3.8, 4) is 17.2 Å². The van der Waals surface area contributed by atoms with Crippen LogP contribution in [0.4, 0.5) is 10.1 Å². The third-order valence-corrected chi connectivity index (χ3v) is 2.63. The summed E-state index contributed by atoms with van der Waals surface area (Å²) in [6.07, 6.45) is 0. The fourth-order valence-electron chi connectivity index (χ4n) is 1.70. The molecule has 0 aromatic heterocycles. The summed E-state index contributed by atoms with van der Waals surface area (Å²) in [7, 11) is 0. The van der Waals surface area contributed by atoms with E-state index in [2.05, 4.69) is 0 Å². The zero-order valence-electron chi connectivity index (χ0n) is 10.9. The lowest BCUT2D eigenvalue weighted by Crippen LogP contribution is -1.99. The molecule has 2 aromatic carbocycles. The van der Waals surface area contributed by atoms with Crippen LogP contribution < -0.4 is 15.2 Å². The minimum Gasteiger partial charge on any atom is -0.492 e. The molecule has 2 aromatic rings. The highest BCUT2D eigenvalue weighted by Gasteiger charge is 2.10. The van der Waals surface area contributed by atoms with Gasteiger partial charge in [0.05, 0.1) is 6.61 Å². The van der Waals surface area contributed by atoms with Gasteiger partial charge in [-0.15, -0.1) is 0 Å². The van der Waals surface area contributed by atoms with Crippen LogP contribution >= 0.6 is 0 Å². The molecular weight excluding hydrogens is 245 g/mol. The van der Waals surface area contributed by atoms with Gasteiger partial charge in [0.2, 0.25) is 0 Å². The Bertz CT molecular complexity index is 584. The number of hydrogen-bond donors (Lipinski definition) is 1. The normalized spacial score (nSPS) is 10.3. The third kappa shape index (κ3) is 2.96. The quantitative estimate of drug-likeness (QED) is 0.849. The van der Waals surface area contributed by atoms with E-state index in [0.717, 1.165) is 5.56 Å². The largest absolute Gasteiger partial charge is 0.492 e. The lowest BCUT2D eigenvalue weighted by atomic mass is 10.2. The van der Waals surface area contributed by atoms with Gasteiger partial charge in [-0.05, 0) is 43.7 Å². The molecule has 0 bridgehead atoms. The van der Waals surface area contributed by atoms with Crippen LogP contribution in [0.25, 0.3) is 0 Å². The lowest BCUT2D eigenvalue weighted by Gasteiger charge is -2.13. The van der Waals surface area contributed by atoms with Gasteiger partial charge in [-0.3, -0.25) is 0 Å². The summed E-state index contributed by atoms with van der Waals surface area (Å²) in [6.45, 7) is 4.24. The Morgan fingerprint density at radius 3 is 2.58 bits per heavy atom. The average molecular weight is 261 g/mol. The van der Waals surface area contributed by atoms with Crippen molar-refractivity contribution in [3.63, 3.8) is 0 Å². The molecule has 0 aliphatic carbocycles. The number of hydrogen-bond acceptors (Lipinski definition) is 3. The monoisotopic (exact) mass is 261 g/mol. The SMILES string of the molecule is CCOc1cccc(Oc2cc(C)ccc2F)c1N. The first kappa shape index (κ1) is 13.2. The Kier molecular flexibility index (Phi) is 3.90. The van der Waals surface area contributed by atoms with Crippen molar-refractivity contribution in [1.82, 2.24) is 0 Å². The van der Waals surface area contributed by atoms with Gasteiger partial charge in [0, 0.05) is 0 Å². The highest BCUT2D eigenvalue weighted by molar-refractivity contribution is 5.63. The molecule has 0 aliphatic heterocycles. The van der Waals surface area contributed by atoms with Gasteiger partial charge in [-0.25, -0.2) is 4.39 Å². The van der Waals surface area contributed by atoms with E-state index >= 15 is 0 Å². The predicted octanol–water partition coefficient (Wildman–Crippen LogP) is 3.91. The Balaban J connectivity index is 2.33. The zero-order chi connectivity index (χ0) is 13.8. The lowest BCUT2D eigenvalue weighted by molar-refractivity contribution is 0.340. The molecular formula is C15H16FNO2. The number of halogens is 1. The number of nitrogens with two attached hydrogens (primary N) is 1. The fourth-order valence-corrected chi connectivity index (χ4v) is 1.70. The number of rotatable bonds is 4. The Hall–Kier alpha value is -2.23. The smallest absolute Gasteiger partial charge is 0.165 e. The number of anilines is 1. The van der Waals surface area contributed by atoms with Crippen molar-refractivity contribution in [3.05, 3.63) is 47.8 Å². The summed E-state index contributed by atoms with van der Waals surface area (Å²) in [5.41, 5.74) is 7.21. The molecule has 4 heteroatoms. The molecule has 0 fully saturated rings. The highest BCUT2D eigenvalue weighted by Crippen LogP contribution is 2.35. The van der Waals surface area contributed by atoms with E-state index in [0.29, 0.717) is 23.8 Å². The van der Waals surface area contributed by atoms with Gasteiger partial charge in [-0.2, -0.15) is 0 Å². The summed E-state index contributed by atoms with van der Waals surface area (Å²) in [4.78, 5) is 0. The number of ether oxygens (including phenoxy) is 2. The van der Waals surface area contributed by atoms with Crippen LogP contribution in [0.1, 0.15) is 12.5 Å². The van der Waals surface area contributed by atoms with Gasteiger partial charge in [-0.1, -0.05) is 12.1 Å². The molecule has 0 unspecified atom stereocenters. The maximum atomic E-state index is 13.6. The molecule has 19 heavy (non-hydrogen) atoms. The molecule has 0 aliphatic rings. The van der Waals surface area contributed by atoms with Crippen LogP contribution in [-0.2, 0) is 0 Å². The van der Waals surface area contributed by atoms with Gasteiger partial charge in [0.15, 0.2) is 17.3 Å². The Morgan fingerprint density at radius 1 is 1.11 bits per heavy atom. The first-order chi connectivity index (χ1) is 9.11. The molecule has 2 N–H and O–H groups in total. The highest BCUT2D eigenvalue weighted by atomic mass is 19.1. The molecule has 2 rings (SSSR count). The second kappa shape index (κ2) is 5.61. The number of benzene rings is 2. The minimum atomic E-state index is -0.424. The van der Waals surface area contributed by atoms with Crippen LogP contribution in [0.15, 0.2) is 36.4 Å². The second-order valence-electron chi connectivity index (χ2n) is 4.14. The molecule has 0 heterocycles. The van der Waals surface area contributed by atoms with Gasteiger partial charge in [0.1, 0.15) is 11.4 Å². The van der Waals surface area contributed by atoms with Crippen molar-refractivity contribution in [2.24, 2.45) is 0 Å². The average Bonchev–Trinajstić information content (AvgIpc) is 2.39. The standard InChI is InChI=1S/C15H16FNO2/c1-3-18-12-5-4-6-13(15(12)17)19-14-9-10(2)7-8-11(14)16/h4-9H,3,17H2,1-2H3. The maximum absolute atomic E-state index is 13.6. The van der Waals surface area contributed by atoms with E-state index in [1.807, 2.05) is 13.8 Å². The van der Waals surface area contributed by atoms with Gasteiger partial charge >= 0.3 is 0 Å². The molecule has 100 valence electrons. The molecule has 0 atom stereocenters. The predicted molar refractivity (Wildman–Crippen MR) is 73.2 cm³/mol. The van der Waals surface area contributed by atoms with Crippen molar-refractivity contribution < 1.29 is 13.9 Å². The molecule has 0 radical (unpaired) electrons. The summed E-state index contributed by atoms with van der Waals surface area (Å²) >= 11 is 0. The van der Waals surface area contributed by atoms with Gasteiger partial charge in [0.25, 0.3) is 0 Å². The topological polar surface area (TPSA) is 44.5 Å². The first-order valence-electron chi connectivity index (χ1n) is 6.07. The first-order valence-corrected chi connectivity index (χ1v) is 6.07. The van der Waals surface area contributed by atoms with Crippen LogP contribution in [0.3, 0.4) is 0 Å². The Morgan fingerprint density at radius 2 is 1.84 bits per heavy atom. The zero-order valence-corrected chi connectivity index (χ0v) is 10.9. The summed E-state index contributed by atoms with van der Waals surface area (Å²) in [5.74, 6) is 0.649. The fraction of sp³-hybridized carbons (Fsp3) is 0.200. The Labute approximate surface area is 111 Å². The van der Waals surface area contributed by atoms with Crippen LogP contribution in [-0.4, -0.2) is 6.61 Å². The molecule has 0 saturated carbocycles. The van der Waals surface area contributed by atoms with E-state index in [9.17, 15) is 4.39 Å². The van der Waals surface area contributed by atoms with Crippen LogP contribution in [0.2, 0.25) is 0 Å². The van der Waals surface area contributed by atoms with Gasteiger partial charge < -0.3 is 15.2 Å². The summed E-state index contributed by atoms with van der Waals surface area (Å²) < 4.78 is 24.5. The van der Waals surface area contributed by atoms with Crippen molar-refractivity contribution in [2.75, 3.05) is 12.3 Å². The second-order valence-corrected chi connectivity index (χ2v) is 4.14. The van der Waals surface area contributed by atoms with E-state index in [4.69, 9.17) is 15.2 Å². The number of nitrogen functional groups attached to an aromatic ring is 1. The molecule has 0 amide bonds. The maximum Gasteiger partial charge on any atom is 0.165 e. The van der Waals surface area contributed by atoms with E-state index in [1.165, 1.54) is 6.07 Å². The molecule has 3 nitrogen and oxygen atoms in total. The summed E-state index contributed by atoms with van der Waals surface area (Å²) in [5, 5.41) is 0.